The van der Waals surface area contributed by atoms with Crippen molar-refractivity contribution in [3.63, 3.8) is 0 Å². The van der Waals surface area contributed by atoms with Gasteiger partial charge in [0.25, 0.3) is 0 Å². The molecule has 0 aromatic heterocycles. The van der Waals surface area contributed by atoms with Crippen molar-refractivity contribution >= 4 is 0 Å². The van der Waals surface area contributed by atoms with E-state index in [-0.39, 0.29) is 5.54 Å². The van der Waals surface area contributed by atoms with Crippen LogP contribution in [0.4, 0.5) is 0 Å². The highest BCUT2D eigenvalue weighted by Gasteiger charge is 2.37. The molecule has 1 fully saturated rings. The average Bonchev–Trinajstić information content (AvgIpc) is 2.31. The van der Waals surface area contributed by atoms with Crippen LogP contribution in [0.5, 0.6) is 0 Å². The second kappa shape index (κ2) is 7.33. The van der Waals surface area contributed by atoms with E-state index in [2.05, 4.69) is 27.4 Å². The van der Waals surface area contributed by atoms with E-state index in [4.69, 9.17) is 5.73 Å². The number of rotatable bonds is 5. The summed E-state index contributed by atoms with van der Waals surface area (Å²) in [5.74, 6) is 1.44. The Morgan fingerprint density at radius 1 is 1.17 bits per heavy atom. The Balaban J connectivity index is 2.81. The fourth-order valence-electron chi connectivity index (χ4n) is 3.89. The molecule has 0 heterocycles. The molecule has 0 radical (unpaired) electrons. The van der Waals surface area contributed by atoms with Gasteiger partial charge >= 0.3 is 0 Å². The van der Waals surface area contributed by atoms with Gasteiger partial charge in [-0.3, -0.25) is 0 Å². The van der Waals surface area contributed by atoms with E-state index >= 15 is 0 Å². The first-order valence-electron chi connectivity index (χ1n) is 8.01. The van der Waals surface area contributed by atoms with E-state index in [0.717, 1.165) is 12.3 Å². The lowest BCUT2D eigenvalue weighted by atomic mass is 9.67. The van der Waals surface area contributed by atoms with Crippen LogP contribution in [0.1, 0.15) is 78.6 Å². The Hall–Kier alpha value is -0.300. The SMILES string of the molecule is C=C(C)C(N)(CC)C(CC)C1CCCCCCC1. The third-order valence-corrected chi connectivity index (χ3v) is 5.20. The quantitative estimate of drug-likeness (QED) is 0.679. The molecule has 0 aromatic rings. The monoisotopic (exact) mass is 251 g/mol. The predicted octanol–water partition coefficient (Wildman–Crippen LogP) is 5.06. The highest BCUT2D eigenvalue weighted by atomic mass is 14.8. The second-order valence-corrected chi connectivity index (χ2v) is 6.29. The van der Waals surface area contributed by atoms with Crippen molar-refractivity contribution < 1.29 is 0 Å². The molecule has 0 bridgehead atoms. The van der Waals surface area contributed by atoms with Gasteiger partial charge in [0.1, 0.15) is 0 Å². The summed E-state index contributed by atoms with van der Waals surface area (Å²) >= 11 is 0. The summed E-state index contributed by atoms with van der Waals surface area (Å²) in [5, 5.41) is 0. The number of nitrogens with two attached hydrogens (primary N) is 1. The Morgan fingerprint density at radius 2 is 1.67 bits per heavy atom. The zero-order valence-electron chi connectivity index (χ0n) is 12.8. The van der Waals surface area contributed by atoms with E-state index in [9.17, 15) is 0 Å². The largest absolute Gasteiger partial charge is 0.321 e. The molecule has 1 saturated carbocycles. The van der Waals surface area contributed by atoms with Crippen molar-refractivity contribution in [2.24, 2.45) is 17.6 Å². The van der Waals surface area contributed by atoms with E-state index in [1.807, 2.05) is 0 Å². The third kappa shape index (κ3) is 3.60. The summed E-state index contributed by atoms with van der Waals surface area (Å²) in [6.45, 7) is 10.8. The minimum Gasteiger partial charge on any atom is -0.321 e. The molecule has 18 heavy (non-hydrogen) atoms. The molecule has 1 aliphatic carbocycles. The lowest BCUT2D eigenvalue weighted by molar-refractivity contribution is 0.171. The summed E-state index contributed by atoms with van der Waals surface area (Å²) in [7, 11) is 0. The minimum absolute atomic E-state index is 0.140. The minimum atomic E-state index is -0.140. The molecule has 1 aliphatic rings. The lowest BCUT2D eigenvalue weighted by Gasteiger charge is -2.42. The first-order chi connectivity index (χ1) is 8.56. The first-order valence-corrected chi connectivity index (χ1v) is 8.01. The van der Waals surface area contributed by atoms with Crippen molar-refractivity contribution in [2.45, 2.75) is 84.1 Å². The molecule has 0 aromatic carbocycles. The van der Waals surface area contributed by atoms with Gasteiger partial charge in [0, 0.05) is 5.54 Å². The molecule has 0 amide bonds. The molecule has 2 atom stereocenters. The molecule has 1 rings (SSSR count). The van der Waals surface area contributed by atoms with E-state index in [1.165, 1.54) is 56.9 Å². The highest BCUT2D eigenvalue weighted by Crippen LogP contribution is 2.39. The maximum Gasteiger partial charge on any atom is 0.0392 e. The van der Waals surface area contributed by atoms with Crippen LogP contribution in [-0.2, 0) is 0 Å². The van der Waals surface area contributed by atoms with E-state index in [1.54, 1.807) is 0 Å². The second-order valence-electron chi connectivity index (χ2n) is 6.29. The highest BCUT2D eigenvalue weighted by molar-refractivity contribution is 5.16. The zero-order valence-corrected chi connectivity index (χ0v) is 12.8. The molecule has 106 valence electrons. The maximum atomic E-state index is 6.72. The average molecular weight is 251 g/mol. The van der Waals surface area contributed by atoms with Gasteiger partial charge in [0.2, 0.25) is 0 Å². The summed E-state index contributed by atoms with van der Waals surface area (Å²) < 4.78 is 0. The summed E-state index contributed by atoms with van der Waals surface area (Å²) in [5.41, 5.74) is 7.76. The smallest absolute Gasteiger partial charge is 0.0392 e. The van der Waals surface area contributed by atoms with Crippen LogP contribution >= 0.6 is 0 Å². The van der Waals surface area contributed by atoms with Gasteiger partial charge in [-0.15, -0.1) is 0 Å². The Labute approximate surface area is 114 Å². The molecule has 1 heteroatoms. The van der Waals surface area contributed by atoms with Crippen LogP contribution in [0.3, 0.4) is 0 Å². The Kier molecular flexibility index (Phi) is 6.42. The van der Waals surface area contributed by atoms with E-state index < -0.39 is 0 Å². The summed E-state index contributed by atoms with van der Waals surface area (Å²) in [6.07, 6.45) is 12.1. The summed E-state index contributed by atoms with van der Waals surface area (Å²) in [4.78, 5) is 0. The lowest BCUT2D eigenvalue weighted by Crippen LogP contribution is -2.50. The topological polar surface area (TPSA) is 26.0 Å². The van der Waals surface area contributed by atoms with Crippen molar-refractivity contribution in [3.8, 4) is 0 Å². The van der Waals surface area contributed by atoms with Crippen LogP contribution in [0.2, 0.25) is 0 Å². The van der Waals surface area contributed by atoms with Crippen LogP contribution < -0.4 is 5.73 Å². The number of hydrogen-bond acceptors (Lipinski definition) is 1. The summed E-state index contributed by atoms with van der Waals surface area (Å²) in [6, 6.07) is 0. The van der Waals surface area contributed by atoms with Crippen molar-refractivity contribution in [1.82, 2.24) is 0 Å². The van der Waals surface area contributed by atoms with Crippen LogP contribution in [0, 0.1) is 11.8 Å². The standard InChI is InChI=1S/C17H33N/c1-5-16(17(18,6-2)14(3)4)15-12-10-8-7-9-11-13-15/h15-16H,3,5-13,18H2,1-2,4H3. The van der Waals surface area contributed by atoms with Gasteiger partial charge < -0.3 is 5.73 Å². The first kappa shape index (κ1) is 15.8. The normalized spacial score (nSPS) is 23.8. The fourth-order valence-corrected chi connectivity index (χ4v) is 3.89. The molecule has 2 N–H and O–H groups in total. The molecule has 1 nitrogen and oxygen atoms in total. The van der Waals surface area contributed by atoms with Crippen LogP contribution in [-0.4, -0.2) is 5.54 Å². The van der Waals surface area contributed by atoms with Crippen molar-refractivity contribution in [1.29, 1.82) is 0 Å². The zero-order chi connectivity index (χ0) is 13.6. The maximum absolute atomic E-state index is 6.72. The van der Waals surface area contributed by atoms with Crippen molar-refractivity contribution in [2.75, 3.05) is 0 Å². The Bertz CT molecular complexity index is 250. The van der Waals surface area contributed by atoms with Gasteiger partial charge in [-0.2, -0.15) is 0 Å². The molecule has 0 spiro atoms. The Morgan fingerprint density at radius 3 is 2.06 bits per heavy atom. The number of hydrogen-bond donors (Lipinski definition) is 1. The van der Waals surface area contributed by atoms with Crippen LogP contribution in [0.25, 0.3) is 0 Å². The van der Waals surface area contributed by atoms with E-state index in [0.29, 0.717) is 5.92 Å². The molecule has 2 unspecified atom stereocenters. The van der Waals surface area contributed by atoms with Gasteiger partial charge in [-0.1, -0.05) is 77.4 Å². The molecular weight excluding hydrogens is 218 g/mol. The molecule has 0 saturated heterocycles. The van der Waals surface area contributed by atoms with Crippen LogP contribution in [0.15, 0.2) is 12.2 Å². The van der Waals surface area contributed by atoms with Crippen molar-refractivity contribution in [3.05, 3.63) is 12.2 Å². The predicted molar refractivity (Wildman–Crippen MR) is 81.6 cm³/mol. The molecule has 0 aliphatic heterocycles. The van der Waals surface area contributed by atoms with Gasteiger partial charge in [-0.25, -0.2) is 0 Å². The molecular formula is C17H33N. The van der Waals surface area contributed by atoms with Gasteiger partial charge in [0.15, 0.2) is 0 Å². The van der Waals surface area contributed by atoms with Gasteiger partial charge in [0.05, 0.1) is 0 Å². The van der Waals surface area contributed by atoms with Gasteiger partial charge in [-0.05, 0) is 25.2 Å². The fraction of sp³-hybridized carbons (Fsp3) is 0.882. The third-order valence-electron chi connectivity index (χ3n) is 5.20.